The number of nitrogens with zero attached hydrogens (tertiary/aromatic N) is 2. The van der Waals surface area contributed by atoms with Gasteiger partial charge in [-0.25, -0.2) is 4.98 Å². The van der Waals surface area contributed by atoms with Crippen LogP contribution in [0.4, 0.5) is 5.00 Å². The number of nitrogens with one attached hydrogen (secondary N) is 1. The Kier molecular flexibility index (Phi) is 4.30. The Morgan fingerprint density at radius 1 is 1.18 bits per heavy atom. The van der Waals surface area contributed by atoms with E-state index in [4.69, 9.17) is 0 Å². The molecule has 1 N–H and O–H groups in total. The fraction of sp³-hybridized carbons (Fsp3) is 0.0625. The maximum absolute atomic E-state index is 12.1. The summed E-state index contributed by atoms with van der Waals surface area (Å²) in [7, 11) is 2.01. The number of pyridine rings is 1. The maximum Gasteiger partial charge on any atom is 0.229 e. The number of amides is 1. The molecule has 22 heavy (non-hydrogen) atoms. The van der Waals surface area contributed by atoms with E-state index in [0.717, 1.165) is 26.6 Å². The SMILES string of the molecule is Bc1ccccc1CC(=O)Nc1cnc(-c2ccncc2)s1. The number of hydrogen-bond donors (Lipinski definition) is 1. The van der Waals surface area contributed by atoms with E-state index in [1.54, 1.807) is 18.6 Å². The zero-order valence-corrected chi connectivity index (χ0v) is 12.9. The summed E-state index contributed by atoms with van der Waals surface area (Å²) in [5, 5.41) is 4.53. The lowest BCUT2D eigenvalue weighted by Gasteiger charge is -2.05. The fourth-order valence-corrected chi connectivity index (χ4v) is 2.96. The summed E-state index contributed by atoms with van der Waals surface area (Å²) in [5.41, 5.74) is 3.16. The van der Waals surface area contributed by atoms with Gasteiger partial charge in [-0.15, -0.1) is 0 Å². The van der Waals surface area contributed by atoms with Crippen molar-refractivity contribution < 1.29 is 4.79 Å². The molecule has 3 aromatic rings. The first-order valence-corrected chi connectivity index (χ1v) is 7.74. The van der Waals surface area contributed by atoms with Crippen LogP contribution in [0.1, 0.15) is 5.56 Å². The summed E-state index contributed by atoms with van der Waals surface area (Å²) in [5.74, 6) is -0.0285. The van der Waals surface area contributed by atoms with Crippen LogP contribution in [-0.4, -0.2) is 23.7 Å². The Hall–Kier alpha value is -2.47. The second kappa shape index (κ2) is 6.53. The monoisotopic (exact) mass is 307 g/mol. The largest absolute Gasteiger partial charge is 0.316 e. The van der Waals surface area contributed by atoms with Crippen LogP contribution in [-0.2, 0) is 11.2 Å². The van der Waals surface area contributed by atoms with Crippen molar-refractivity contribution in [2.45, 2.75) is 6.42 Å². The summed E-state index contributed by atoms with van der Waals surface area (Å²) in [6.45, 7) is 0. The van der Waals surface area contributed by atoms with Crippen molar-refractivity contribution in [2.75, 3.05) is 5.32 Å². The second-order valence-electron chi connectivity index (χ2n) is 4.92. The zero-order chi connectivity index (χ0) is 15.4. The topological polar surface area (TPSA) is 54.9 Å². The van der Waals surface area contributed by atoms with Crippen molar-refractivity contribution in [3.05, 3.63) is 60.6 Å². The van der Waals surface area contributed by atoms with Crippen LogP contribution in [0.5, 0.6) is 0 Å². The molecule has 3 rings (SSSR count). The number of carbonyl (C=O) groups is 1. The average molecular weight is 307 g/mol. The fourth-order valence-electron chi connectivity index (χ4n) is 2.12. The standard InChI is InChI=1S/C16H14BN3OS/c17-13-4-2-1-3-12(13)9-14(21)20-15-10-19-16(22-15)11-5-7-18-8-6-11/h1-8,10H,9,17H2,(H,20,21). The van der Waals surface area contributed by atoms with Crippen molar-refractivity contribution in [1.29, 1.82) is 0 Å². The van der Waals surface area contributed by atoms with Gasteiger partial charge in [-0.2, -0.15) is 0 Å². The quantitative estimate of drug-likeness (QED) is 0.746. The maximum atomic E-state index is 12.1. The molecule has 0 saturated carbocycles. The molecule has 0 aliphatic rings. The third-order valence-corrected chi connectivity index (χ3v) is 4.27. The Labute approximate surface area is 133 Å². The van der Waals surface area contributed by atoms with Gasteiger partial charge in [0.2, 0.25) is 5.91 Å². The van der Waals surface area contributed by atoms with Crippen LogP contribution in [0.15, 0.2) is 55.0 Å². The van der Waals surface area contributed by atoms with Gasteiger partial charge in [0.05, 0.1) is 12.6 Å². The molecule has 0 aliphatic heterocycles. The third-order valence-electron chi connectivity index (χ3n) is 3.31. The van der Waals surface area contributed by atoms with E-state index < -0.39 is 0 Å². The summed E-state index contributed by atoms with van der Waals surface area (Å²) < 4.78 is 0. The lowest BCUT2D eigenvalue weighted by Crippen LogP contribution is -2.19. The van der Waals surface area contributed by atoms with Crippen molar-refractivity contribution in [1.82, 2.24) is 9.97 Å². The van der Waals surface area contributed by atoms with Gasteiger partial charge in [0.1, 0.15) is 17.9 Å². The predicted octanol–water partition coefficient (Wildman–Crippen LogP) is 1.64. The Bertz CT molecular complexity index is 789. The minimum atomic E-state index is -0.0285. The average Bonchev–Trinajstić information content (AvgIpc) is 2.99. The predicted molar refractivity (Wildman–Crippen MR) is 92.3 cm³/mol. The molecule has 0 atom stereocenters. The second-order valence-corrected chi connectivity index (χ2v) is 5.95. The van der Waals surface area contributed by atoms with Gasteiger partial charge in [0.25, 0.3) is 0 Å². The van der Waals surface area contributed by atoms with Gasteiger partial charge in [-0.3, -0.25) is 9.78 Å². The number of thiazole rings is 1. The van der Waals surface area contributed by atoms with E-state index in [1.165, 1.54) is 11.3 Å². The molecular weight excluding hydrogens is 293 g/mol. The zero-order valence-electron chi connectivity index (χ0n) is 12.1. The lowest BCUT2D eigenvalue weighted by molar-refractivity contribution is -0.115. The van der Waals surface area contributed by atoms with E-state index in [9.17, 15) is 4.79 Å². The van der Waals surface area contributed by atoms with E-state index in [1.807, 2.05) is 44.2 Å². The normalized spacial score (nSPS) is 10.4. The molecule has 0 saturated heterocycles. The first-order chi connectivity index (χ1) is 10.7. The molecule has 0 unspecified atom stereocenters. The number of benzene rings is 1. The molecule has 4 nitrogen and oxygen atoms in total. The van der Waals surface area contributed by atoms with Crippen LogP contribution in [0.2, 0.25) is 0 Å². The van der Waals surface area contributed by atoms with Crippen LogP contribution < -0.4 is 10.8 Å². The number of anilines is 1. The molecule has 0 radical (unpaired) electrons. The van der Waals surface area contributed by atoms with Crippen LogP contribution in [0.3, 0.4) is 0 Å². The van der Waals surface area contributed by atoms with Gasteiger partial charge in [0, 0.05) is 18.0 Å². The molecule has 2 heterocycles. The highest BCUT2D eigenvalue weighted by Crippen LogP contribution is 2.27. The lowest BCUT2D eigenvalue weighted by atomic mass is 9.89. The molecule has 0 bridgehead atoms. The number of carbonyl (C=O) groups excluding carboxylic acids is 1. The number of aromatic nitrogens is 2. The van der Waals surface area contributed by atoms with Crippen molar-refractivity contribution in [2.24, 2.45) is 0 Å². The molecule has 2 aromatic heterocycles. The highest BCUT2D eigenvalue weighted by atomic mass is 32.1. The van der Waals surface area contributed by atoms with Gasteiger partial charge >= 0.3 is 0 Å². The molecule has 6 heteroatoms. The Morgan fingerprint density at radius 3 is 2.73 bits per heavy atom. The highest BCUT2D eigenvalue weighted by Gasteiger charge is 2.09. The molecule has 108 valence electrons. The van der Waals surface area contributed by atoms with E-state index in [-0.39, 0.29) is 5.91 Å². The van der Waals surface area contributed by atoms with Crippen LogP contribution >= 0.6 is 11.3 Å². The van der Waals surface area contributed by atoms with Crippen molar-refractivity contribution in [3.63, 3.8) is 0 Å². The first kappa shape index (κ1) is 14.5. The van der Waals surface area contributed by atoms with Gasteiger partial charge in [0.15, 0.2) is 0 Å². The van der Waals surface area contributed by atoms with E-state index in [2.05, 4.69) is 15.3 Å². The van der Waals surface area contributed by atoms with Crippen molar-refractivity contribution >= 4 is 35.6 Å². The minimum Gasteiger partial charge on any atom is -0.316 e. The van der Waals surface area contributed by atoms with Crippen molar-refractivity contribution in [3.8, 4) is 10.6 Å². The molecule has 1 aromatic carbocycles. The smallest absolute Gasteiger partial charge is 0.229 e. The summed E-state index contributed by atoms with van der Waals surface area (Å²) in [6.07, 6.45) is 5.52. The van der Waals surface area contributed by atoms with E-state index in [0.29, 0.717) is 6.42 Å². The minimum absolute atomic E-state index is 0.0285. The number of rotatable bonds is 4. The molecule has 0 fully saturated rings. The van der Waals surface area contributed by atoms with Gasteiger partial charge in [-0.05, 0) is 17.7 Å². The van der Waals surface area contributed by atoms with Gasteiger partial charge < -0.3 is 5.32 Å². The molecule has 0 spiro atoms. The summed E-state index contributed by atoms with van der Waals surface area (Å²) >= 11 is 1.46. The van der Waals surface area contributed by atoms with Crippen LogP contribution in [0, 0.1) is 0 Å². The Morgan fingerprint density at radius 2 is 1.95 bits per heavy atom. The Balaban J connectivity index is 1.68. The first-order valence-electron chi connectivity index (χ1n) is 6.93. The summed E-state index contributed by atoms with van der Waals surface area (Å²) in [6, 6.07) is 11.7. The van der Waals surface area contributed by atoms with E-state index >= 15 is 0 Å². The van der Waals surface area contributed by atoms with Crippen LogP contribution in [0.25, 0.3) is 10.6 Å². The molecule has 1 amide bonds. The molecular formula is C16H14BN3OS. The third kappa shape index (κ3) is 3.40. The van der Waals surface area contributed by atoms with Gasteiger partial charge in [-0.1, -0.05) is 41.1 Å². The number of hydrogen-bond acceptors (Lipinski definition) is 4. The molecule has 0 aliphatic carbocycles. The summed E-state index contributed by atoms with van der Waals surface area (Å²) in [4.78, 5) is 20.5. The highest BCUT2D eigenvalue weighted by molar-refractivity contribution is 7.19.